The maximum Gasteiger partial charge on any atom is 0.343 e. The van der Waals surface area contributed by atoms with Gasteiger partial charge in [-0.3, -0.25) is 20.7 Å². The Morgan fingerprint density at radius 2 is 1.71 bits per heavy atom. The van der Waals surface area contributed by atoms with E-state index >= 15 is 0 Å². The van der Waals surface area contributed by atoms with Crippen LogP contribution >= 0.6 is 0 Å². The predicted octanol–water partition coefficient (Wildman–Crippen LogP) is 4.95. The lowest BCUT2D eigenvalue weighted by Crippen LogP contribution is -2.32. The number of aryl methyl sites for hydroxylation is 1. The molecule has 9 nitrogen and oxygen atoms in total. The summed E-state index contributed by atoms with van der Waals surface area (Å²) in [6, 6.07) is 0. The molecule has 35 heavy (non-hydrogen) atoms. The van der Waals surface area contributed by atoms with Crippen LogP contribution in [0.15, 0.2) is 0 Å². The maximum absolute atomic E-state index is 12.8. The molecule has 1 rings (SSSR count). The van der Waals surface area contributed by atoms with E-state index in [9.17, 15) is 18.0 Å². The van der Waals surface area contributed by atoms with E-state index in [1.54, 1.807) is 13.8 Å². The fourth-order valence-corrected chi connectivity index (χ4v) is 5.73. The summed E-state index contributed by atoms with van der Waals surface area (Å²) in [6.07, 6.45) is 9.60. The average Bonchev–Trinajstić information content (AvgIpc) is 3.16. The lowest BCUT2D eigenvalue weighted by Gasteiger charge is -2.18. The molecule has 0 saturated heterocycles. The molecule has 202 valence electrons. The number of carbonyl (C=O) groups is 2. The second-order valence-corrected chi connectivity index (χ2v) is 12.0. The van der Waals surface area contributed by atoms with Crippen LogP contribution in [0.5, 0.6) is 0 Å². The topological polar surface area (TPSA) is 130 Å². The molecule has 1 aromatic rings. The van der Waals surface area contributed by atoms with E-state index in [0.717, 1.165) is 38.5 Å². The van der Waals surface area contributed by atoms with Gasteiger partial charge in [0.15, 0.2) is 15.7 Å². The van der Waals surface area contributed by atoms with Crippen molar-refractivity contribution in [3.8, 4) is 0 Å². The first kappa shape index (κ1) is 30.9. The van der Waals surface area contributed by atoms with Crippen LogP contribution in [0, 0.1) is 18.8 Å². The number of anilines is 1. The zero-order valence-corrected chi connectivity index (χ0v) is 23.1. The molecule has 10 heteroatoms. The van der Waals surface area contributed by atoms with Crippen LogP contribution in [0.2, 0.25) is 0 Å². The number of esters is 1. The third kappa shape index (κ3) is 13.0. The van der Waals surface area contributed by atoms with Gasteiger partial charge >= 0.3 is 5.97 Å². The first-order chi connectivity index (χ1) is 16.6. The highest BCUT2D eigenvalue weighted by Crippen LogP contribution is 2.22. The van der Waals surface area contributed by atoms with Crippen LogP contribution in [-0.2, 0) is 19.4 Å². The van der Waals surface area contributed by atoms with Crippen LogP contribution in [-0.4, -0.2) is 48.6 Å². The van der Waals surface area contributed by atoms with Crippen LogP contribution in [0.3, 0.4) is 0 Å². The molecule has 0 aliphatic heterocycles. The van der Waals surface area contributed by atoms with E-state index in [4.69, 9.17) is 4.74 Å². The summed E-state index contributed by atoms with van der Waals surface area (Å²) < 4.78 is 30.6. The number of carbonyl (C=O) groups excluding carboxylic acids is 2. The summed E-state index contributed by atoms with van der Waals surface area (Å²) in [4.78, 5) is 24.4. The molecule has 1 unspecified atom stereocenters. The number of nitrogens with one attached hydrogen (secondary N) is 3. The van der Waals surface area contributed by atoms with Crippen molar-refractivity contribution in [1.29, 1.82) is 0 Å². The number of aromatic amines is 1. The van der Waals surface area contributed by atoms with Crippen LogP contribution < -0.4 is 10.9 Å². The number of unbranched alkanes of at least 4 members (excludes halogenated alkanes) is 4. The molecule has 1 aromatic heterocycles. The number of ether oxygens (including phenoxy) is 1. The largest absolute Gasteiger partial charge is 0.462 e. The zero-order chi connectivity index (χ0) is 26.3. The maximum atomic E-state index is 12.8. The molecule has 0 spiro atoms. The summed E-state index contributed by atoms with van der Waals surface area (Å²) >= 11 is 0. The normalized spacial score (nSPS) is 12.5. The third-order valence-corrected chi connectivity index (χ3v) is 7.79. The van der Waals surface area contributed by atoms with Crippen molar-refractivity contribution in [3.05, 3.63) is 11.3 Å². The standard InChI is InChI=1S/C25H46N4O5S/c1-6-8-9-10-11-14-21(15-12-13-19(3)4)18-35(32,33)17-16-22(30)27-29-24-23(20(5)26-28-24)25(31)34-7-2/h19,21H,6-18H2,1-5H3,(H,27,30)(H2,26,28,29). The molecule has 1 heterocycles. The SMILES string of the molecule is CCCCCCCC(CCCC(C)C)CS(=O)(=O)CCC(=O)NNc1n[nH]c(C)c1C(=O)OCC. The first-order valence-corrected chi connectivity index (χ1v) is 14.9. The molecule has 0 saturated carbocycles. The van der Waals surface area contributed by atoms with Gasteiger partial charge in [0, 0.05) is 12.1 Å². The number of amides is 1. The molecule has 0 aliphatic carbocycles. The summed E-state index contributed by atoms with van der Waals surface area (Å²) in [6.45, 7) is 10.1. The summed E-state index contributed by atoms with van der Waals surface area (Å²) in [5.41, 5.74) is 5.73. The predicted molar refractivity (Wildman–Crippen MR) is 140 cm³/mol. The Balaban J connectivity index is 2.57. The lowest BCUT2D eigenvalue weighted by atomic mass is 9.94. The molecular formula is C25H46N4O5S. The highest BCUT2D eigenvalue weighted by molar-refractivity contribution is 7.91. The van der Waals surface area contributed by atoms with Crippen LogP contribution in [0.1, 0.15) is 108 Å². The van der Waals surface area contributed by atoms with Crippen molar-refractivity contribution < 1.29 is 22.7 Å². The van der Waals surface area contributed by atoms with E-state index in [1.807, 2.05) is 0 Å². The molecular weight excluding hydrogens is 468 g/mol. The fraction of sp³-hybridized carbons (Fsp3) is 0.800. The number of sulfone groups is 1. The summed E-state index contributed by atoms with van der Waals surface area (Å²) in [7, 11) is -3.37. The first-order valence-electron chi connectivity index (χ1n) is 13.1. The molecule has 0 fully saturated rings. The van der Waals surface area contributed by atoms with Gasteiger partial charge in [0.25, 0.3) is 0 Å². The van der Waals surface area contributed by atoms with Gasteiger partial charge in [0.1, 0.15) is 5.56 Å². The van der Waals surface area contributed by atoms with E-state index in [2.05, 4.69) is 41.8 Å². The molecule has 1 amide bonds. The van der Waals surface area contributed by atoms with Crippen LogP contribution in [0.4, 0.5) is 5.82 Å². The number of H-pyrrole nitrogens is 1. The van der Waals surface area contributed by atoms with Gasteiger partial charge in [0.2, 0.25) is 5.91 Å². The highest BCUT2D eigenvalue weighted by atomic mass is 32.2. The molecule has 0 aromatic carbocycles. The van der Waals surface area contributed by atoms with Crippen molar-refractivity contribution in [1.82, 2.24) is 15.6 Å². The van der Waals surface area contributed by atoms with Crippen molar-refractivity contribution >= 4 is 27.5 Å². The number of nitrogens with zero attached hydrogens (tertiary/aromatic N) is 1. The lowest BCUT2D eigenvalue weighted by molar-refractivity contribution is -0.120. The van der Waals surface area contributed by atoms with Gasteiger partial charge < -0.3 is 4.74 Å². The number of aromatic nitrogens is 2. The van der Waals surface area contributed by atoms with E-state index < -0.39 is 21.7 Å². The third-order valence-electron chi connectivity index (χ3n) is 5.99. The average molecular weight is 515 g/mol. The fourth-order valence-electron chi connectivity index (χ4n) is 4.02. The highest BCUT2D eigenvalue weighted by Gasteiger charge is 2.22. The molecule has 1 atom stereocenters. The Morgan fingerprint density at radius 3 is 2.37 bits per heavy atom. The van der Waals surface area contributed by atoms with E-state index in [0.29, 0.717) is 11.6 Å². The minimum atomic E-state index is -3.37. The monoisotopic (exact) mass is 514 g/mol. The van der Waals surface area contributed by atoms with Gasteiger partial charge in [-0.25, -0.2) is 13.2 Å². The van der Waals surface area contributed by atoms with E-state index in [-0.39, 0.29) is 41.8 Å². The van der Waals surface area contributed by atoms with Crippen molar-refractivity contribution in [2.45, 2.75) is 98.8 Å². The van der Waals surface area contributed by atoms with E-state index in [1.165, 1.54) is 19.3 Å². The van der Waals surface area contributed by atoms with Crippen LogP contribution in [0.25, 0.3) is 0 Å². The Labute approximate surface area is 211 Å². The Kier molecular flexibility index (Phi) is 14.6. The van der Waals surface area contributed by atoms with Crippen molar-refractivity contribution in [2.24, 2.45) is 11.8 Å². The number of rotatable bonds is 19. The molecule has 0 bridgehead atoms. The number of hydrazine groups is 1. The second kappa shape index (κ2) is 16.5. The second-order valence-electron chi connectivity index (χ2n) is 9.72. The minimum absolute atomic E-state index is 0.130. The van der Waals surface area contributed by atoms with Gasteiger partial charge in [-0.15, -0.1) is 0 Å². The Morgan fingerprint density at radius 1 is 1.03 bits per heavy atom. The quantitative estimate of drug-likeness (QED) is 0.135. The zero-order valence-electron chi connectivity index (χ0n) is 22.2. The number of hydrogen-bond acceptors (Lipinski definition) is 7. The molecule has 0 aliphatic rings. The van der Waals surface area contributed by atoms with Crippen molar-refractivity contribution in [2.75, 3.05) is 23.5 Å². The summed E-state index contributed by atoms with van der Waals surface area (Å²) in [5.74, 6) is -0.245. The Hall–Kier alpha value is -2.10. The Bertz CT molecular complexity index is 867. The molecule has 3 N–H and O–H groups in total. The van der Waals surface area contributed by atoms with Gasteiger partial charge in [-0.2, -0.15) is 5.10 Å². The number of hydrogen-bond donors (Lipinski definition) is 3. The van der Waals surface area contributed by atoms with Gasteiger partial charge in [-0.05, 0) is 38.5 Å². The van der Waals surface area contributed by atoms with Gasteiger partial charge in [-0.1, -0.05) is 65.7 Å². The van der Waals surface area contributed by atoms with Gasteiger partial charge in [0.05, 0.1) is 18.1 Å². The summed E-state index contributed by atoms with van der Waals surface area (Å²) in [5, 5.41) is 6.63. The van der Waals surface area contributed by atoms with Crippen molar-refractivity contribution in [3.63, 3.8) is 0 Å². The molecule has 0 radical (unpaired) electrons. The smallest absolute Gasteiger partial charge is 0.343 e. The minimum Gasteiger partial charge on any atom is -0.462 e.